The van der Waals surface area contributed by atoms with E-state index in [0.29, 0.717) is 11.4 Å². The second kappa shape index (κ2) is 3.91. The fourth-order valence-corrected chi connectivity index (χ4v) is 1.91. The van der Waals surface area contributed by atoms with E-state index < -0.39 is 6.97 Å². The van der Waals surface area contributed by atoms with Crippen LogP contribution in [0.1, 0.15) is 5.69 Å². The van der Waals surface area contributed by atoms with Gasteiger partial charge < -0.3 is 28.7 Å². The lowest BCUT2D eigenvalue weighted by Crippen LogP contribution is -2.48. The average molecular weight is 234 g/mol. The minimum absolute atomic E-state index is 0.557. The molecule has 0 amide bonds. The topological polar surface area (TPSA) is 66.6 Å². The number of halogens is 2. The third-order valence-electron chi connectivity index (χ3n) is 2.59. The Labute approximate surface area is 95.5 Å². The van der Waals surface area contributed by atoms with Gasteiger partial charge in [-0.1, -0.05) is 0 Å². The lowest BCUT2D eigenvalue weighted by atomic mass is 9.92. The summed E-state index contributed by atoms with van der Waals surface area (Å²) in [5.74, 6) is 0. The van der Waals surface area contributed by atoms with Crippen molar-refractivity contribution in [1.29, 1.82) is 0 Å². The van der Waals surface area contributed by atoms with Gasteiger partial charge >= 0.3 is 6.97 Å². The fourth-order valence-electron chi connectivity index (χ4n) is 1.91. The Kier molecular flexibility index (Phi) is 2.57. The number of aromatic nitrogens is 1. The Hall–Kier alpha value is -2.34. The van der Waals surface area contributed by atoms with Crippen LogP contribution in [0, 0.1) is 0 Å². The number of fused-ring (bicyclic) bond motifs is 2. The first-order chi connectivity index (χ1) is 8.11. The fraction of sp³-hybridized carbons (Fsp3) is 0. The highest BCUT2D eigenvalue weighted by atomic mass is 19.2. The Bertz CT molecular complexity index is 578. The molecule has 0 bridgehead atoms. The van der Waals surface area contributed by atoms with Crippen molar-refractivity contribution in [1.82, 2.24) is 4.48 Å². The number of hydrogen-bond acceptors (Lipinski definition) is 0. The quantitative estimate of drug-likeness (QED) is 0.286. The van der Waals surface area contributed by atoms with E-state index in [4.69, 9.17) is 11.1 Å². The molecule has 1 aromatic heterocycles. The van der Waals surface area contributed by atoms with Gasteiger partial charge in [0.25, 0.3) is 0 Å². The zero-order valence-electron chi connectivity index (χ0n) is 8.61. The standard InChI is InChI=1S/C9H7BF2N2.N3/c11-10(12)13-5-1-3-8(13)7-9-4-2-6-14(9)10;1-3-2/h1-7H;/q;-1. The molecule has 0 aromatic carbocycles. The number of allylic oxidation sites excluding steroid dienone is 2. The number of rotatable bonds is 0. The van der Waals surface area contributed by atoms with Crippen molar-refractivity contribution >= 4 is 19.3 Å². The lowest BCUT2D eigenvalue weighted by Gasteiger charge is -2.27. The summed E-state index contributed by atoms with van der Waals surface area (Å²) in [5, 5.41) is 0. The molecule has 3 heterocycles. The van der Waals surface area contributed by atoms with Crippen LogP contribution in [-0.2, 0) is 0 Å². The normalized spacial score (nSPS) is 18.0. The van der Waals surface area contributed by atoms with Gasteiger partial charge in [0.2, 0.25) is 0 Å². The first-order valence-corrected chi connectivity index (χ1v) is 4.80. The second-order valence-electron chi connectivity index (χ2n) is 3.50. The van der Waals surface area contributed by atoms with E-state index in [1.165, 1.54) is 17.3 Å². The smallest absolute Gasteiger partial charge is 0.396 e. The molecule has 17 heavy (non-hydrogen) atoms. The van der Waals surface area contributed by atoms with Crippen molar-refractivity contribution in [2.45, 2.75) is 0 Å². The summed E-state index contributed by atoms with van der Waals surface area (Å²) in [7, 11) is 0. The van der Waals surface area contributed by atoms with Gasteiger partial charge in [-0.25, -0.2) is 0 Å². The van der Waals surface area contributed by atoms with Crippen LogP contribution in [0.3, 0.4) is 0 Å². The SMILES string of the molecule is F[B-]1(F)n2cccc2C=C2C=CC=[N+]21.[N-]=[N+]=[N-]. The summed E-state index contributed by atoms with van der Waals surface area (Å²) in [6, 6.07) is 3.32. The van der Waals surface area contributed by atoms with Crippen molar-refractivity contribution < 1.29 is 13.1 Å². The third kappa shape index (κ3) is 1.64. The van der Waals surface area contributed by atoms with Crippen molar-refractivity contribution in [3.63, 3.8) is 0 Å². The highest BCUT2D eigenvalue weighted by molar-refractivity contribution is 6.57. The van der Waals surface area contributed by atoms with Crippen LogP contribution in [0.5, 0.6) is 0 Å². The van der Waals surface area contributed by atoms with E-state index in [-0.39, 0.29) is 0 Å². The summed E-state index contributed by atoms with van der Waals surface area (Å²) in [4.78, 5) is 1.50. The van der Waals surface area contributed by atoms with E-state index in [9.17, 15) is 8.63 Å². The van der Waals surface area contributed by atoms with E-state index in [1.807, 2.05) is 0 Å². The van der Waals surface area contributed by atoms with Gasteiger partial charge in [-0.2, -0.15) is 0 Å². The Morgan fingerprint density at radius 2 is 2.06 bits per heavy atom. The molecule has 0 fully saturated rings. The van der Waals surface area contributed by atoms with Gasteiger partial charge in [0.05, 0.1) is 0 Å². The van der Waals surface area contributed by atoms with E-state index in [2.05, 4.69) is 0 Å². The third-order valence-corrected chi connectivity index (χ3v) is 2.59. The van der Waals surface area contributed by atoms with Crippen molar-refractivity contribution in [3.05, 3.63) is 57.8 Å². The molecule has 0 N–H and O–H groups in total. The molecular weight excluding hydrogens is 227 g/mol. The van der Waals surface area contributed by atoms with Crippen molar-refractivity contribution in [3.8, 4) is 0 Å². The summed E-state index contributed by atoms with van der Waals surface area (Å²) in [5.41, 5.74) is 14.6. The van der Waals surface area contributed by atoms with E-state index in [0.717, 1.165) is 8.96 Å². The van der Waals surface area contributed by atoms with Crippen LogP contribution in [0.4, 0.5) is 8.63 Å². The molecular formula is C9H7BF2N5-. The minimum atomic E-state index is -3.68. The lowest BCUT2D eigenvalue weighted by molar-refractivity contribution is -0.355. The van der Waals surface area contributed by atoms with Crippen LogP contribution in [0.25, 0.3) is 22.0 Å². The molecule has 0 saturated heterocycles. The maximum atomic E-state index is 13.8. The van der Waals surface area contributed by atoms with E-state index >= 15 is 0 Å². The maximum Gasteiger partial charge on any atom is 0.736 e. The molecule has 0 saturated carbocycles. The van der Waals surface area contributed by atoms with Crippen LogP contribution >= 0.6 is 0 Å². The highest BCUT2D eigenvalue weighted by Crippen LogP contribution is 2.28. The Balaban J connectivity index is 0.000000329. The summed E-state index contributed by atoms with van der Waals surface area (Å²) < 4.78 is 29.7. The second-order valence-corrected chi connectivity index (χ2v) is 3.50. The van der Waals surface area contributed by atoms with Gasteiger partial charge in [0.1, 0.15) is 6.21 Å². The first kappa shape index (κ1) is 11.2. The van der Waals surface area contributed by atoms with Crippen LogP contribution in [0.15, 0.2) is 36.2 Å². The summed E-state index contributed by atoms with van der Waals surface area (Å²) >= 11 is 0. The van der Waals surface area contributed by atoms with Crippen molar-refractivity contribution in [2.24, 2.45) is 0 Å². The molecule has 3 rings (SSSR count). The zero-order chi connectivity index (χ0) is 12.5. The molecule has 0 unspecified atom stereocenters. The number of nitrogens with zero attached hydrogens (tertiary/aromatic N) is 5. The molecule has 1 aromatic rings. The van der Waals surface area contributed by atoms with Gasteiger partial charge in [0, 0.05) is 23.9 Å². The first-order valence-electron chi connectivity index (χ1n) is 4.80. The van der Waals surface area contributed by atoms with Gasteiger partial charge in [0.15, 0.2) is 5.70 Å². The van der Waals surface area contributed by atoms with Crippen LogP contribution < -0.4 is 0 Å². The molecule has 5 nitrogen and oxygen atoms in total. The molecule has 0 spiro atoms. The monoisotopic (exact) mass is 234 g/mol. The predicted molar refractivity (Wildman–Crippen MR) is 61.3 cm³/mol. The van der Waals surface area contributed by atoms with Crippen LogP contribution in [-0.4, -0.2) is 22.1 Å². The zero-order valence-corrected chi connectivity index (χ0v) is 8.61. The molecule has 2 aliphatic rings. The van der Waals surface area contributed by atoms with Gasteiger partial charge in [-0.3, -0.25) is 4.91 Å². The Morgan fingerprint density at radius 1 is 1.35 bits per heavy atom. The molecule has 8 heteroatoms. The minimum Gasteiger partial charge on any atom is -0.396 e. The van der Waals surface area contributed by atoms with Crippen LogP contribution in [0.2, 0.25) is 0 Å². The molecule has 0 radical (unpaired) electrons. The summed E-state index contributed by atoms with van der Waals surface area (Å²) in [6.45, 7) is -3.68. The van der Waals surface area contributed by atoms with Gasteiger partial charge in [-0.15, -0.1) is 0 Å². The van der Waals surface area contributed by atoms with Gasteiger partial charge in [-0.05, 0) is 18.3 Å². The maximum absolute atomic E-state index is 13.8. The molecule has 0 atom stereocenters. The summed E-state index contributed by atoms with van der Waals surface area (Å²) in [6.07, 6.45) is 7.89. The Morgan fingerprint density at radius 3 is 2.76 bits per heavy atom. The number of hydrogen-bond donors (Lipinski definition) is 0. The van der Waals surface area contributed by atoms with Crippen molar-refractivity contribution in [2.75, 3.05) is 0 Å². The van der Waals surface area contributed by atoms with E-state index in [1.54, 1.807) is 30.4 Å². The average Bonchev–Trinajstić information content (AvgIpc) is 2.87. The highest BCUT2D eigenvalue weighted by Gasteiger charge is 2.49. The molecule has 0 aliphatic carbocycles. The molecule has 2 aliphatic heterocycles. The predicted octanol–water partition coefficient (Wildman–Crippen LogP) is 2.58. The largest absolute Gasteiger partial charge is 0.736 e. The molecule has 86 valence electrons.